The lowest BCUT2D eigenvalue weighted by Gasteiger charge is -2.09. The summed E-state index contributed by atoms with van der Waals surface area (Å²) < 4.78 is 27.8. The monoisotopic (exact) mass is 319 g/mol. The van der Waals surface area contributed by atoms with Crippen LogP contribution in [-0.2, 0) is 20.4 Å². The minimum absolute atomic E-state index is 0.0575. The fraction of sp³-hybridized carbons (Fsp3) is 0.462. The van der Waals surface area contributed by atoms with Gasteiger partial charge in [-0.25, -0.2) is 8.42 Å². The van der Waals surface area contributed by atoms with Gasteiger partial charge < -0.3 is 10.1 Å². The number of unbranched alkanes of at least 4 members (excludes halogenated alkanes) is 1. The third-order valence-corrected chi connectivity index (χ3v) is 4.08. The maximum atomic E-state index is 11.5. The topological polar surface area (TPSA) is 72.5 Å². The number of benzene rings is 1. The molecule has 112 valence electrons. The normalized spacial score (nSPS) is 11.2. The Bertz CT molecular complexity index is 572. The zero-order valence-corrected chi connectivity index (χ0v) is 13.1. The van der Waals surface area contributed by atoms with Gasteiger partial charge in [0, 0.05) is 23.6 Å². The first-order chi connectivity index (χ1) is 9.38. The molecule has 0 saturated heterocycles. The Morgan fingerprint density at radius 2 is 2.10 bits per heavy atom. The summed E-state index contributed by atoms with van der Waals surface area (Å²) in [4.78, 5) is 11.4. The summed E-state index contributed by atoms with van der Waals surface area (Å²) >= 11 is 0. The van der Waals surface area contributed by atoms with E-state index in [0.717, 1.165) is 12.8 Å². The smallest absolute Gasteiger partial charge is 0.264 e. The Morgan fingerprint density at radius 1 is 1.40 bits per heavy atom. The van der Waals surface area contributed by atoms with Crippen molar-refractivity contribution in [3.8, 4) is 5.75 Å². The lowest BCUT2D eigenvalue weighted by molar-refractivity contribution is -0.121. The molecule has 0 atom stereocenters. The molecule has 0 aliphatic carbocycles. The number of nitrogens with one attached hydrogen (secondary N) is 1. The van der Waals surface area contributed by atoms with E-state index in [9.17, 15) is 13.2 Å². The predicted molar refractivity (Wildman–Crippen MR) is 77.4 cm³/mol. The zero-order chi connectivity index (χ0) is 15.2. The number of hydrogen-bond donors (Lipinski definition) is 1. The molecular weight excluding hydrogens is 302 g/mol. The number of methoxy groups -OCH3 is 1. The van der Waals surface area contributed by atoms with Crippen LogP contribution < -0.4 is 10.1 Å². The van der Waals surface area contributed by atoms with Crippen molar-refractivity contribution in [3.05, 3.63) is 23.8 Å². The average Bonchev–Trinajstić information content (AvgIpc) is 2.41. The van der Waals surface area contributed by atoms with Gasteiger partial charge in [0.2, 0.25) is 5.91 Å². The molecule has 5 nitrogen and oxygen atoms in total. The summed E-state index contributed by atoms with van der Waals surface area (Å²) in [7, 11) is 2.83. The van der Waals surface area contributed by atoms with E-state index >= 15 is 0 Å². The summed E-state index contributed by atoms with van der Waals surface area (Å²) in [6.45, 7) is 2.26. The van der Waals surface area contributed by atoms with Gasteiger partial charge in [0.1, 0.15) is 10.6 Å². The Labute approximate surface area is 123 Å². The Morgan fingerprint density at radius 3 is 2.65 bits per heavy atom. The highest BCUT2D eigenvalue weighted by molar-refractivity contribution is 8.13. The van der Waals surface area contributed by atoms with Gasteiger partial charge in [-0.3, -0.25) is 4.79 Å². The summed E-state index contributed by atoms with van der Waals surface area (Å²) in [6.07, 6.45) is 2.24. The molecule has 0 spiro atoms. The van der Waals surface area contributed by atoms with E-state index in [-0.39, 0.29) is 23.1 Å². The van der Waals surface area contributed by atoms with Gasteiger partial charge >= 0.3 is 0 Å². The number of ether oxygens (including phenoxy) is 1. The van der Waals surface area contributed by atoms with Crippen LogP contribution in [-0.4, -0.2) is 21.4 Å². The van der Waals surface area contributed by atoms with Gasteiger partial charge in [-0.2, -0.15) is 0 Å². The highest BCUT2D eigenvalue weighted by Crippen LogP contribution is 2.27. The number of amides is 1. The Hall–Kier alpha value is -1.27. The van der Waals surface area contributed by atoms with Gasteiger partial charge in [0.15, 0.2) is 0 Å². The molecule has 0 radical (unpaired) electrons. The first-order valence-electron chi connectivity index (χ1n) is 6.26. The van der Waals surface area contributed by atoms with E-state index in [4.69, 9.17) is 15.4 Å². The molecule has 0 bridgehead atoms. The van der Waals surface area contributed by atoms with Gasteiger partial charge in [-0.05, 0) is 24.1 Å². The van der Waals surface area contributed by atoms with Crippen LogP contribution in [0, 0.1) is 0 Å². The predicted octanol–water partition coefficient (Wildman–Crippen LogP) is 2.43. The first kappa shape index (κ1) is 16.8. The average molecular weight is 320 g/mol. The third kappa shape index (κ3) is 5.02. The van der Waals surface area contributed by atoms with Crippen LogP contribution in [0.4, 0.5) is 0 Å². The minimum atomic E-state index is -3.89. The second-order valence-electron chi connectivity index (χ2n) is 4.30. The molecule has 20 heavy (non-hydrogen) atoms. The highest BCUT2D eigenvalue weighted by atomic mass is 35.7. The van der Waals surface area contributed by atoms with Crippen molar-refractivity contribution in [2.24, 2.45) is 0 Å². The van der Waals surface area contributed by atoms with Crippen molar-refractivity contribution < 1.29 is 17.9 Å². The molecular formula is C13H18ClNO4S. The molecule has 0 heterocycles. The SMILES string of the molecule is CCCCC(=O)NCc1ccc(OC)c(S(=O)(=O)Cl)c1. The molecule has 0 aliphatic rings. The van der Waals surface area contributed by atoms with E-state index < -0.39 is 9.05 Å². The van der Waals surface area contributed by atoms with Crippen molar-refractivity contribution in [3.63, 3.8) is 0 Å². The van der Waals surface area contributed by atoms with Gasteiger partial charge in [-0.1, -0.05) is 19.4 Å². The second kappa shape index (κ2) is 7.50. The van der Waals surface area contributed by atoms with Crippen LogP contribution in [0.3, 0.4) is 0 Å². The summed E-state index contributed by atoms with van der Waals surface area (Å²) in [6, 6.07) is 4.61. The quantitative estimate of drug-likeness (QED) is 0.783. The van der Waals surface area contributed by atoms with E-state index in [1.807, 2.05) is 6.92 Å². The molecule has 7 heteroatoms. The van der Waals surface area contributed by atoms with Crippen LogP contribution in [0.25, 0.3) is 0 Å². The van der Waals surface area contributed by atoms with Crippen LogP contribution in [0.15, 0.2) is 23.1 Å². The van der Waals surface area contributed by atoms with Gasteiger partial charge in [0.05, 0.1) is 7.11 Å². The number of hydrogen-bond acceptors (Lipinski definition) is 4. The Kier molecular flexibility index (Phi) is 6.29. The van der Waals surface area contributed by atoms with Gasteiger partial charge in [-0.15, -0.1) is 0 Å². The number of carbonyl (C=O) groups is 1. The van der Waals surface area contributed by atoms with E-state index in [2.05, 4.69) is 5.32 Å². The minimum Gasteiger partial charge on any atom is -0.495 e. The maximum Gasteiger partial charge on any atom is 0.264 e. The lowest BCUT2D eigenvalue weighted by Crippen LogP contribution is -2.22. The van der Waals surface area contributed by atoms with Gasteiger partial charge in [0.25, 0.3) is 9.05 Å². The summed E-state index contributed by atoms with van der Waals surface area (Å²) in [5, 5.41) is 2.73. The molecule has 1 amide bonds. The molecule has 1 aromatic rings. The van der Waals surface area contributed by atoms with Crippen molar-refractivity contribution in [2.75, 3.05) is 7.11 Å². The fourth-order valence-electron chi connectivity index (χ4n) is 1.65. The Balaban J connectivity index is 2.80. The van der Waals surface area contributed by atoms with E-state index in [0.29, 0.717) is 12.0 Å². The summed E-state index contributed by atoms with van der Waals surface area (Å²) in [5.41, 5.74) is 0.648. The molecule has 1 N–H and O–H groups in total. The molecule has 0 fully saturated rings. The fourth-order valence-corrected chi connectivity index (χ4v) is 2.69. The van der Waals surface area contributed by atoms with Crippen LogP contribution in [0.1, 0.15) is 31.7 Å². The number of rotatable bonds is 7. The second-order valence-corrected chi connectivity index (χ2v) is 6.84. The molecule has 1 rings (SSSR count). The van der Waals surface area contributed by atoms with Crippen molar-refractivity contribution in [2.45, 2.75) is 37.6 Å². The highest BCUT2D eigenvalue weighted by Gasteiger charge is 2.17. The first-order valence-corrected chi connectivity index (χ1v) is 8.57. The van der Waals surface area contributed by atoms with Crippen molar-refractivity contribution in [1.29, 1.82) is 0 Å². The van der Waals surface area contributed by atoms with E-state index in [1.165, 1.54) is 19.2 Å². The maximum absolute atomic E-state index is 11.5. The van der Waals surface area contributed by atoms with Crippen molar-refractivity contribution in [1.82, 2.24) is 5.32 Å². The lowest BCUT2D eigenvalue weighted by atomic mass is 10.2. The van der Waals surface area contributed by atoms with Crippen molar-refractivity contribution >= 4 is 25.6 Å². The summed E-state index contributed by atoms with van der Waals surface area (Å²) in [5.74, 6) is 0.124. The number of carbonyl (C=O) groups excluding carboxylic acids is 1. The van der Waals surface area contributed by atoms with E-state index in [1.54, 1.807) is 6.07 Å². The zero-order valence-electron chi connectivity index (χ0n) is 11.5. The third-order valence-electron chi connectivity index (χ3n) is 2.74. The largest absolute Gasteiger partial charge is 0.495 e. The molecule has 0 aromatic heterocycles. The molecule has 1 aromatic carbocycles. The van der Waals surface area contributed by atoms with Crippen LogP contribution >= 0.6 is 10.7 Å². The van der Waals surface area contributed by atoms with Crippen LogP contribution in [0.2, 0.25) is 0 Å². The standard InChI is InChI=1S/C13H18ClNO4S/c1-3-4-5-13(16)15-9-10-6-7-11(19-2)12(8-10)20(14,17)18/h6-8H,3-5,9H2,1-2H3,(H,15,16). The molecule has 0 aliphatic heterocycles. The van der Waals surface area contributed by atoms with Crippen LogP contribution in [0.5, 0.6) is 5.75 Å². The number of halogens is 1. The molecule has 0 saturated carbocycles. The molecule has 0 unspecified atom stereocenters.